The summed E-state index contributed by atoms with van der Waals surface area (Å²) in [5.41, 5.74) is 5.35. The van der Waals surface area contributed by atoms with E-state index in [4.69, 9.17) is 15.2 Å². The second-order valence-electron chi connectivity index (χ2n) is 2.39. The van der Waals surface area contributed by atoms with Gasteiger partial charge in [-0.3, -0.25) is 4.79 Å². The van der Waals surface area contributed by atoms with Crippen LogP contribution < -0.4 is 5.73 Å². The van der Waals surface area contributed by atoms with Gasteiger partial charge in [0.05, 0.1) is 13.2 Å². The first-order chi connectivity index (χ1) is 5.24. The van der Waals surface area contributed by atoms with Crippen LogP contribution in [-0.2, 0) is 14.3 Å². The minimum Gasteiger partial charge on any atom is -0.456 e. The Bertz CT molecular complexity index is 149. The molecule has 4 nitrogen and oxygen atoms in total. The maximum atomic E-state index is 10.9. The average Bonchev–Trinajstić information content (AvgIpc) is 1.94. The number of carbonyl (C=O) groups is 1. The Morgan fingerprint density at radius 2 is 2.45 bits per heavy atom. The first-order valence-electron chi connectivity index (χ1n) is 3.38. The zero-order valence-corrected chi connectivity index (χ0v) is 6.92. The SMILES string of the molecule is N[C@@H](CS)C(=O)OC1COC1. The Hall–Kier alpha value is -0.260. The van der Waals surface area contributed by atoms with E-state index in [1.165, 1.54) is 0 Å². The van der Waals surface area contributed by atoms with E-state index >= 15 is 0 Å². The Morgan fingerprint density at radius 1 is 1.82 bits per heavy atom. The maximum absolute atomic E-state index is 10.9. The van der Waals surface area contributed by atoms with Gasteiger partial charge in [-0.1, -0.05) is 0 Å². The quantitative estimate of drug-likeness (QED) is 0.437. The number of nitrogens with two attached hydrogens (primary N) is 1. The van der Waals surface area contributed by atoms with Gasteiger partial charge in [0, 0.05) is 5.75 Å². The van der Waals surface area contributed by atoms with Crippen LogP contribution in [0.15, 0.2) is 0 Å². The Morgan fingerprint density at radius 3 is 2.82 bits per heavy atom. The van der Waals surface area contributed by atoms with Gasteiger partial charge in [-0.2, -0.15) is 12.6 Å². The van der Waals surface area contributed by atoms with Crippen molar-refractivity contribution in [3.63, 3.8) is 0 Å². The van der Waals surface area contributed by atoms with Gasteiger partial charge >= 0.3 is 5.97 Å². The predicted molar refractivity (Wildman–Crippen MR) is 42.5 cm³/mol. The zero-order chi connectivity index (χ0) is 8.27. The summed E-state index contributed by atoms with van der Waals surface area (Å²) in [6, 6.07) is -0.612. The van der Waals surface area contributed by atoms with E-state index in [0.29, 0.717) is 19.0 Å². The smallest absolute Gasteiger partial charge is 0.324 e. The lowest BCUT2D eigenvalue weighted by Crippen LogP contribution is -2.43. The highest BCUT2D eigenvalue weighted by Crippen LogP contribution is 2.06. The maximum Gasteiger partial charge on any atom is 0.324 e. The van der Waals surface area contributed by atoms with Gasteiger partial charge in [-0.25, -0.2) is 0 Å². The molecule has 64 valence electrons. The van der Waals surface area contributed by atoms with E-state index < -0.39 is 12.0 Å². The fourth-order valence-corrected chi connectivity index (χ4v) is 0.757. The summed E-state index contributed by atoms with van der Waals surface area (Å²) in [7, 11) is 0. The van der Waals surface area contributed by atoms with Crippen molar-refractivity contribution >= 4 is 18.6 Å². The number of hydrogen-bond acceptors (Lipinski definition) is 5. The van der Waals surface area contributed by atoms with Crippen LogP contribution in [0.4, 0.5) is 0 Å². The molecule has 0 aromatic carbocycles. The largest absolute Gasteiger partial charge is 0.456 e. The van der Waals surface area contributed by atoms with Crippen LogP contribution in [0, 0.1) is 0 Å². The third-order valence-electron chi connectivity index (χ3n) is 1.39. The van der Waals surface area contributed by atoms with E-state index in [-0.39, 0.29) is 6.10 Å². The van der Waals surface area contributed by atoms with Crippen molar-refractivity contribution in [2.45, 2.75) is 12.1 Å². The molecule has 0 spiro atoms. The van der Waals surface area contributed by atoms with E-state index in [0.717, 1.165) is 0 Å². The fraction of sp³-hybridized carbons (Fsp3) is 0.833. The average molecular weight is 177 g/mol. The van der Waals surface area contributed by atoms with Crippen molar-refractivity contribution < 1.29 is 14.3 Å². The van der Waals surface area contributed by atoms with Gasteiger partial charge < -0.3 is 15.2 Å². The van der Waals surface area contributed by atoms with Crippen LogP contribution in [0.25, 0.3) is 0 Å². The molecule has 0 saturated carbocycles. The molecule has 5 heteroatoms. The minimum atomic E-state index is -0.612. The lowest BCUT2D eigenvalue weighted by atomic mass is 10.3. The molecule has 2 N–H and O–H groups in total. The third-order valence-corrected chi connectivity index (χ3v) is 1.78. The summed E-state index contributed by atoms with van der Waals surface area (Å²) < 4.78 is 9.71. The van der Waals surface area contributed by atoms with Crippen LogP contribution in [0.5, 0.6) is 0 Å². The van der Waals surface area contributed by atoms with Gasteiger partial charge in [-0.05, 0) is 0 Å². The number of rotatable bonds is 3. The molecule has 1 aliphatic heterocycles. The lowest BCUT2D eigenvalue weighted by Gasteiger charge is -2.26. The second kappa shape index (κ2) is 3.94. The molecule has 0 aliphatic carbocycles. The standard InChI is InChI=1S/C6H11NO3S/c7-5(3-11)6(8)10-4-1-9-2-4/h4-5,11H,1-3,7H2/t5-/m0/s1. The third kappa shape index (κ3) is 2.36. The highest BCUT2D eigenvalue weighted by molar-refractivity contribution is 7.80. The molecule has 0 aromatic rings. The lowest BCUT2D eigenvalue weighted by molar-refractivity contribution is -0.173. The number of carbonyl (C=O) groups excluding carboxylic acids is 1. The number of thiol groups is 1. The molecule has 0 unspecified atom stereocenters. The van der Waals surface area contributed by atoms with Crippen molar-refractivity contribution in [1.29, 1.82) is 0 Å². The molecule has 1 saturated heterocycles. The first kappa shape index (κ1) is 8.83. The molecule has 1 rings (SSSR count). The molecule has 1 fully saturated rings. The van der Waals surface area contributed by atoms with E-state index in [1.807, 2.05) is 0 Å². The number of ether oxygens (including phenoxy) is 2. The zero-order valence-electron chi connectivity index (χ0n) is 6.03. The molecular formula is C6H11NO3S. The van der Waals surface area contributed by atoms with Crippen LogP contribution >= 0.6 is 12.6 Å². The number of esters is 1. The Labute approximate surface area is 70.4 Å². The molecule has 1 aliphatic rings. The van der Waals surface area contributed by atoms with E-state index in [9.17, 15) is 4.79 Å². The highest BCUT2D eigenvalue weighted by Gasteiger charge is 2.24. The Kier molecular flexibility index (Phi) is 3.16. The van der Waals surface area contributed by atoms with Crippen LogP contribution in [0.1, 0.15) is 0 Å². The van der Waals surface area contributed by atoms with E-state index in [2.05, 4.69) is 12.6 Å². The summed E-state index contributed by atoms with van der Waals surface area (Å²) in [5.74, 6) is -0.0832. The predicted octanol–water partition coefficient (Wildman–Crippen LogP) is -0.815. The summed E-state index contributed by atoms with van der Waals surface area (Å²) in [6.07, 6.45) is -0.0894. The van der Waals surface area contributed by atoms with Crippen molar-refractivity contribution in [3.8, 4) is 0 Å². The van der Waals surface area contributed by atoms with Crippen molar-refractivity contribution in [2.75, 3.05) is 19.0 Å². The van der Waals surface area contributed by atoms with E-state index in [1.54, 1.807) is 0 Å². The molecule has 1 atom stereocenters. The van der Waals surface area contributed by atoms with Gasteiger partial charge in [0.15, 0.2) is 0 Å². The van der Waals surface area contributed by atoms with Gasteiger partial charge in [-0.15, -0.1) is 0 Å². The van der Waals surface area contributed by atoms with Gasteiger partial charge in [0.1, 0.15) is 12.1 Å². The monoisotopic (exact) mass is 177 g/mol. The molecule has 0 bridgehead atoms. The van der Waals surface area contributed by atoms with Crippen molar-refractivity contribution in [1.82, 2.24) is 0 Å². The number of hydrogen-bond donors (Lipinski definition) is 2. The minimum absolute atomic E-state index is 0.0894. The normalized spacial score (nSPS) is 20.5. The van der Waals surface area contributed by atoms with Crippen molar-refractivity contribution in [3.05, 3.63) is 0 Å². The fourth-order valence-electron chi connectivity index (χ4n) is 0.608. The molecular weight excluding hydrogens is 166 g/mol. The summed E-state index contributed by atoms with van der Waals surface area (Å²) >= 11 is 3.87. The first-order valence-corrected chi connectivity index (χ1v) is 4.02. The molecule has 0 aromatic heterocycles. The summed E-state index contributed by atoms with van der Waals surface area (Å²) in [6.45, 7) is 0.982. The summed E-state index contributed by atoms with van der Waals surface area (Å²) in [4.78, 5) is 10.9. The second-order valence-corrected chi connectivity index (χ2v) is 2.75. The van der Waals surface area contributed by atoms with Crippen LogP contribution in [0.3, 0.4) is 0 Å². The highest BCUT2D eigenvalue weighted by atomic mass is 32.1. The summed E-state index contributed by atoms with van der Waals surface area (Å²) in [5, 5.41) is 0. The van der Waals surface area contributed by atoms with Gasteiger partial charge in [0.2, 0.25) is 0 Å². The van der Waals surface area contributed by atoms with Crippen LogP contribution in [0.2, 0.25) is 0 Å². The molecule has 1 heterocycles. The van der Waals surface area contributed by atoms with Gasteiger partial charge in [0.25, 0.3) is 0 Å². The van der Waals surface area contributed by atoms with Crippen LogP contribution in [-0.4, -0.2) is 37.1 Å². The molecule has 11 heavy (non-hydrogen) atoms. The Balaban J connectivity index is 2.19. The van der Waals surface area contributed by atoms with Crippen molar-refractivity contribution in [2.24, 2.45) is 5.73 Å². The molecule has 0 radical (unpaired) electrons. The topological polar surface area (TPSA) is 61.6 Å². The molecule has 0 amide bonds.